The van der Waals surface area contributed by atoms with Gasteiger partial charge in [-0.25, -0.2) is 8.42 Å². The standard InChI is InChI=1S/C14H12N2O4S/c17-16(18)14-8-4-7-13(11-14)15-21(19,20)10-9-12-5-2-1-3-6-12/h1-11,15H. The molecule has 2 aromatic rings. The van der Waals surface area contributed by atoms with Crippen molar-refractivity contribution in [3.8, 4) is 0 Å². The molecule has 0 heterocycles. The van der Waals surface area contributed by atoms with E-state index in [9.17, 15) is 18.5 Å². The van der Waals surface area contributed by atoms with E-state index in [2.05, 4.69) is 4.72 Å². The van der Waals surface area contributed by atoms with E-state index in [1.54, 1.807) is 24.3 Å². The number of nitro benzene ring substituents is 1. The lowest BCUT2D eigenvalue weighted by atomic mass is 10.2. The quantitative estimate of drug-likeness (QED) is 0.679. The lowest BCUT2D eigenvalue weighted by Crippen LogP contribution is -2.08. The highest BCUT2D eigenvalue weighted by atomic mass is 32.2. The van der Waals surface area contributed by atoms with Gasteiger partial charge in [0, 0.05) is 12.1 Å². The normalized spacial score (nSPS) is 11.4. The maximum atomic E-state index is 11.9. The summed E-state index contributed by atoms with van der Waals surface area (Å²) in [6, 6.07) is 14.2. The molecule has 1 N–H and O–H groups in total. The van der Waals surface area contributed by atoms with Crippen LogP contribution in [0.5, 0.6) is 0 Å². The zero-order chi connectivity index (χ0) is 15.3. The summed E-state index contributed by atoms with van der Waals surface area (Å²) in [6.07, 6.45) is 1.44. The first kappa shape index (κ1) is 14.7. The fourth-order valence-corrected chi connectivity index (χ4v) is 2.47. The van der Waals surface area contributed by atoms with Crippen LogP contribution in [-0.2, 0) is 10.0 Å². The number of rotatable bonds is 5. The van der Waals surface area contributed by atoms with Crippen LogP contribution in [0.3, 0.4) is 0 Å². The largest absolute Gasteiger partial charge is 0.280 e. The molecule has 0 radical (unpaired) electrons. The maximum absolute atomic E-state index is 11.9. The molecule has 0 bridgehead atoms. The van der Waals surface area contributed by atoms with Crippen LogP contribution in [-0.4, -0.2) is 13.3 Å². The van der Waals surface area contributed by atoms with Gasteiger partial charge in [-0.2, -0.15) is 0 Å². The number of nitro groups is 1. The first-order chi connectivity index (χ1) is 9.96. The molecule has 6 nitrogen and oxygen atoms in total. The second-order valence-electron chi connectivity index (χ2n) is 4.17. The highest BCUT2D eigenvalue weighted by molar-refractivity contribution is 7.95. The molecule has 7 heteroatoms. The molecule has 0 fully saturated rings. The van der Waals surface area contributed by atoms with Crippen molar-refractivity contribution < 1.29 is 13.3 Å². The van der Waals surface area contributed by atoms with Crippen molar-refractivity contribution in [3.63, 3.8) is 0 Å². The van der Waals surface area contributed by atoms with E-state index in [1.165, 1.54) is 24.3 Å². The molecule has 0 spiro atoms. The highest BCUT2D eigenvalue weighted by Gasteiger charge is 2.10. The molecular weight excluding hydrogens is 292 g/mol. The summed E-state index contributed by atoms with van der Waals surface area (Å²) in [5, 5.41) is 11.7. The summed E-state index contributed by atoms with van der Waals surface area (Å²) in [5.41, 5.74) is 0.700. The SMILES string of the molecule is O=[N+]([O-])c1cccc(NS(=O)(=O)C=Cc2ccccc2)c1. The molecule has 0 aliphatic rings. The third-order valence-corrected chi connectivity index (χ3v) is 3.57. The van der Waals surface area contributed by atoms with E-state index in [0.29, 0.717) is 0 Å². The van der Waals surface area contributed by atoms with Crippen molar-refractivity contribution >= 4 is 27.5 Å². The van der Waals surface area contributed by atoms with E-state index < -0.39 is 14.9 Å². The second kappa shape index (κ2) is 6.19. The summed E-state index contributed by atoms with van der Waals surface area (Å²) in [4.78, 5) is 10.1. The van der Waals surface area contributed by atoms with Crippen LogP contribution < -0.4 is 4.72 Å². The molecular formula is C14H12N2O4S. The molecule has 2 rings (SSSR count). The Balaban J connectivity index is 2.16. The van der Waals surface area contributed by atoms with E-state index in [4.69, 9.17) is 0 Å². The molecule has 0 amide bonds. The molecule has 0 aromatic heterocycles. The number of hydrogen-bond donors (Lipinski definition) is 1. The Kier molecular flexibility index (Phi) is 4.34. The van der Waals surface area contributed by atoms with Gasteiger partial charge in [-0.1, -0.05) is 36.4 Å². The summed E-state index contributed by atoms with van der Waals surface area (Å²) >= 11 is 0. The van der Waals surface area contributed by atoms with Crippen molar-refractivity contribution in [1.29, 1.82) is 0 Å². The summed E-state index contributed by atoms with van der Waals surface area (Å²) in [7, 11) is -3.73. The van der Waals surface area contributed by atoms with E-state index >= 15 is 0 Å². The van der Waals surface area contributed by atoms with E-state index in [-0.39, 0.29) is 11.4 Å². The lowest BCUT2D eigenvalue weighted by molar-refractivity contribution is -0.384. The highest BCUT2D eigenvalue weighted by Crippen LogP contribution is 2.18. The number of anilines is 1. The van der Waals surface area contributed by atoms with Crippen LogP contribution >= 0.6 is 0 Å². The topological polar surface area (TPSA) is 89.3 Å². The van der Waals surface area contributed by atoms with Crippen LogP contribution in [0.25, 0.3) is 6.08 Å². The number of nitrogens with one attached hydrogen (secondary N) is 1. The Bertz CT molecular complexity index is 771. The molecule has 108 valence electrons. The zero-order valence-electron chi connectivity index (χ0n) is 10.8. The fourth-order valence-electron chi connectivity index (χ4n) is 1.61. The third-order valence-electron chi connectivity index (χ3n) is 2.56. The van der Waals surface area contributed by atoms with Gasteiger partial charge in [0.25, 0.3) is 15.7 Å². The number of non-ortho nitro benzene ring substituents is 1. The Morgan fingerprint density at radius 2 is 1.76 bits per heavy atom. The first-order valence-electron chi connectivity index (χ1n) is 5.97. The van der Waals surface area contributed by atoms with Gasteiger partial charge in [0.05, 0.1) is 16.0 Å². The number of nitrogens with zero attached hydrogens (tertiary/aromatic N) is 1. The van der Waals surface area contributed by atoms with Crippen molar-refractivity contribution in [3.05, 3.63) is 75.7 Å². The van der Waals surface area contributed by atoms with E-state index in [1.807, 2.05) is 6.07 Å². The average Bonchev–Trinajstić information content (AvgIpc) is 2.46. The molecule has 21 heavy (non-hydrogen) atoms. The van der Waals surface area contributed by atoms with Gasteiger partial charge < -0.3 is 0 Å². The average molecular weight is 304 g/mol. The molecule has 0 unspecified atom stereocenters. The van der Waals surface area contributed by atoms with Crippen molar-refractivity contribution in [1.82, 2.24) is 0 Å². The second-order valence-corrected chi connectivity index (χ2v) is 5.73. The van der Waals surface area contributed by atoms with Gasteiger partial charge in [0.1, 0.15) is 0 Å². The van der Waals surface area contributed by atoms with Crippen molar-refractivity contribution in [2.75, 3.05) is 4.72 Å². The van der Waals surface area contributed by atoms with Crippen LogP contribution in [0, 0.1) is 10.1 Å². The molecule has 0 atom stereocenters. The van der Waals surface area contributed by atoms with E-state index in [0.717, 1.165) is 17.0 Å². The monoisotopic (exact) mass is 304 g/mol. The minimum absolute atomic E-state index is 0.141. The van der Waals surface area contributed by atoms with Crippen molar-refractivity contribution in [2.45, 2.75) is 0 Å². The minimum atomic E-state index is -3.73. The number of benzene rings is 2. The maximum Gasteiger partial charge on any atom is 0.271 e. The first-order valence-corrected chi connectivity index (χ1v) is 7.51. The number of sulfonamides is 1. The molecule has 2 aromatic carbocycles. The zero-order valence-corrected chi connectivity index (χ0v) is 11.7. The molecule has 0 aliphatic carbocycles. The van der Waals surface area contributed by atoms with Crippen LogP contribution in [0.4, 0.5) is 11.4 Å². The van der Waals surface area contributed by atoms with Gasteiger partial charge >= 0.3 is 0 Å². The predicted octanol–water partition coefficient (Wildman–Crippen LogP) is 3.01. The van der Waals surface area contributed by atoms with Crippen LogP contribution in [0.2, 0.25) is 0 Å². The van der Waals surface area contributed by atoms with Crippen molar-refractivity contribution in [2.24, 2.45) is 0 Å². The molecule has 0 aliphatic heterocycles. The predicted molar refractivity (Wildman–Crippen MR) is 81.1 cm³/mol. The third kappa shape index (κ3) is 4.43. The van der Waals surface area contributed by atoms with Gasteiger partial charge in [-0.05, 0) is 17.7 Å². The fraction of sp³-hybridized carbons (Fsp3) is 0. The van der Waals surface area contributed by atoms with Crippen LogP contribution in [0.15, 0.2) is 60.0 Å². The Morgan fingerprint density at radius 3 is 2.43 bits per heavy atom. The summed E-state index contributed by atoms with van der Waals surface area (Å²) in [5.74, 6) is 0. The van der Waals surface area contributed by atoms with Gasteiger partial charge in [-0.15, -0.1) is 0 Å². The van der Waals surface area contributed by atoms with Gasteiger partial charge in [0.2, 0.25) is 0 Å². The smallest absolute Gasteiger partial charge is 0.271 e. The van der Waals surface area contributed by atoms with Gasteiger partial charge in [-0.3, -0.25) is 14.8 Å². The Labute approximate surface area is 121 Å². The molecule has 0 saturated heterocycles. The minimum Gasteiger partial charge on any atom is -0.280 e. The number of hydrogen-bond acceptors (Lipinski definition) is 4. The van der Waals surface area contributed by atoms with Crippen LogP contribution in [0.1, 0.15) is 5.56 Å². The summed E-state index contributed by atoms with van der Waals surface area (Å²) < 4.78 is 26.0. The Hall–Kier alpha value is -2.67. The lowest BCUT2D eigenvalue weighted by Gasteiger charge is -2.03. The molecule has 0 saturated carbocycles. The summed E-state index contributed by atoms with van der Waals surface area (Å²) in [6.45, 7) is 0. The Morgan fingerprint density at radius 1 is 1.05 bits per heavy atom. The van der Waals surface area contributed by atoms with Gasteiger partial charge in [0.15, 0.2) is 0 Å².